The molecule has 2 rings (SSSR count). The number of hydrogen-bond donors (Lipinski definition) is 0. The van der Waals surface area contributed by atoms with Gasteiger partial charge in [-0.15, -0.1) is 0 Å². The summed E-state index contributed by atoms with van der Waals surface area (Å²) in [6.45, 7) is 4.90. The Bertz CT molecular complexity index is 612. The quantitative estimate of drug-likeness (QED) is 0.327. The first-order valence-electron chi connectivity index (χ1n) is 8.64. The number of rotatable bonds is 4. The molecule has 1 saturated heterocycles. The summed E-state index contributed by atoms with van der Waals surface area (Å²) in [5.74, 6) is 3.53. The number of carbonyl (C=O) groups is 2. The maximum absolute atomic E-state index is 11.9. The van der Waals surface area contributed by atoms with Crippen LogP contribution in [0.25, 0.3) is 0 Å². The van der Waals surface area contributed by atoms with E-state index in [1.54, 1.807) is 0 Å². The van der Waals surface area contributed by atoms with E-state index in [4.69, 9.17) is 14.2 Å². The van der Waals surface area contributed by atoms with Gasteiger partial charge in [-0.05, 0) is 39.0 Å². The van der Waals surface area contributed by atoms with Crippen molar-refractivity contribution in [2.45, 2.75) is 51.4 Å². The van der Waals surface area contributed by atoms with Crippen LogP contribution in [0.1, 0.15) is 39.5 Å². The second-order valence-corrected chi connectivity index (χ2v) is 6.66. The van der Waals surface area contributed by atoms with Gasteiger partial charge in [0.05, 0.1) is 32.8 Å². The fraction of sp³-hybridized carbons (Fsp3) is 0.684. The molecule has 2 atom stereocenters. The molecule has 0 N–H and O–H groups in total. The number of allylic oxidation sites excluding steroid dienone is 2. The highest BCUT2D eigenvalue weighted by Crippen LogP contribution is 2.56. The van der Waals surface area contributed by atoms with Crippen LogP contribution in [0.3, 0.4) is 0 Å². The van der Waals surface area contributed by atoms with Crippen LogP contribution in [0.4, 0.5) is 4.79 Å². The predicted octanol–water partition coefficient (Wildman–Crippen LogP) is 2.58. The minimum Gasteiger partial charge on any atom is -0.459 e. The molecule has 2 aliphatic rings. The van der Waals surface area contributed by atoms with Gasteiger partial charge in [0, 0.05) is 12.3 Å². The zero-order valence-electron chi connectivity index (χ0n) is 15.8. The fourth-order valence-electron chi connectivity index (χ4n) is 3.64. The first kappa shape index (κ1) is 20.3. The zero-order chi connectivity index (χ0) is 19.2. The Kier molecular flexibility index (Phi) is 6.68. The molecule has 0 aromatic heterocycles. The molecule has 7 nitrogen and oxygen atoms in total. The van der Waals surface area contributed by atoms with Gasteiger partial charge in [-0.25, -0.2) is 9.59 Å². The number of hydrogen-bond acceptors (Lipinski definition) is 7. The van der Waals surface area contributed by atoms with Crippen LogP contribution >= 0.6 is 0 Å². The molecule has 7 heteroatoms. The third kappa shape index (κ3) is 4.02. The molecule has 1 heterocycles. The minimum atomic E-state index is -0.940. The molecule has 1 spiro atoms. The smallest absolute Gasteiger partial charge is 0.459 e. The Balaban J connectivity index is 2.49. The zero-order valence-corrected chi connectivity index (χ0v) is 15.8. The van der Waals surface area contributed by atoms with E-state index in [0.29, 0.717) is 32.5 Å². The average Bonchev–Trinajstić information content (AvgIpc) is 3.25. The molecule has 0 bridgehead atoms. The van der Waals surface area contributed by atoms with Crippen molar-refractivity contribution < 1.29 is 33.3 Å². The second kappa shape index (κ2) is 8.56. The summed E-state index contributed by atoms with van der Waals surface area (Å²) in [7, 11) is 2.47. The van der Waals surface area contributed by atoms with Crippen molar-refractivity contribution in [3.05, 3.63) is 11.6 Å². The maximum Gasteiger partial charge on any atom is 0.509 e. The molecular formula is C19H26O7. The van der Waals surface area contributed by atoms with Gasteiger partial charge in [0.25, 0.3) is 0 Å². The molecule has 0 aromatic carbocycles. The second-order valence-electron chi connectivity index (χ2n) is 6.66. The third-order valence-electron chi connectivity index (χ3n) is 4.89. The topological polar surface area (TPSA) is 80.3 Å². The summed E-state index contributed by atoms with van der Waals surface area (Å²) in [5, 5.41) is 0. The van der Waals surface area contributed by atoms with Crippen LogP contribution in [0, 0.1) is 17.3 Å². The molecule has 1 saturated carbocycles. The monoisotopic (exact) mass is 366 g/mol. The van der Waals surface area contributed by atoms with Crippen LogP contribution in [0.5, 0.6) is 0 Å². The number of esters is 1. The Labute approximate surface area is 153 Å². The summed E-state index contributed by atoms with van der Waals surface area (Å²) in [4.78, 5) is 23.4. The van der Waals surface area contributed by atoms with Crippen LogP contribution < -0.4 is 0 Å². The first-order chi connectivity index (χ1) is 12.4. The van der Waals surface area contributed by atoms with Gasteiger partial charge in [0.1, 0.15) is 0 Å². The molecule has 26 heavy (non-hydrogen) atoms. The molecule has 1 aliphatic heterocycles. The average molecular weight is 366 g/mol. The summed E-state index contributed by atoms with van der Waals surface area (Å²) in [6, 6.07) is 0. The molecule has 0 amide bonds. The van der Waals surface area contributed by atoms with Crippen molar-refractivity contribution in [2.75, 3.05) is 27.4 Å². The van der Waals surface area contributed by atoms with Crippen LogP contribution in [0.15, 0.2) is 11.6 Å². The largest absolute Gasteiger partial charge is 0.509 e. The Morgan fingerprint density at radius 2 is 1.85 bits per heavy atom. The molecule has 2 fully saturated rings. The summed E-state index contributed by atoms with van der Waals surface area (Å²) in [5.41, 5.74) is 0.373. The standard InChI is InChI=1S/C19H26O7/c1-14(2)8-11-18(9-5-10-19(18)24-12-13-25-19)15(26-17(21)23-4)6-7-16(20)22-3/h8,15H,5,9-13H2,1-4H3. The lowest BCUT2D eigenvalue weighted by molar-refractivity contribution is -0.241. The van der Waals surface area contributed by atoms with E-state index in [-0.39, 0.29) is 0 Å². The highest BCUT2D eigenvalue weighted by atomic mass is 16.7. The lowest BCUT2D eigenvalue weighted by atomic mass is 9.72. The Morgan fingerprint density at radius 3 is 2.42 bits per heavy atom. The number of ether oxygens (including phenoxy) is 5. The minimum absolute atomic E-state index is 0.464. The third-order valence-corrected chi connectivity index (χ3v) is 4.89. The van der Waals surface area contributed by atoms with Gasteiger partial charge in [-0.1, -0.05) is 11.6 Å². The van der Waals surface area contributed by atoms with E-state index in [1.165, 1.54) is 14.2 Å². The van der Waals surface area contributed by atoms with Gasteiger partial charge < -0.3 is 23.7 Å². The van der Waals surface area contributed by atoms with Crippen molar-refractivity contribution >= 4 is 12.1 Å². The van der Waals surface area contributed by atoms with E-state index < -0.39 is 29.4 Å². The molecule has 2 unspecified atom stereocenters. The molecular weight excluding hydrogens is 340 g/mol. The van der Waals surface area contributed by atoms with E-state index in [2.05, 4.69) is 21.3 Å². The van der Waals surface area contributed by atoms with Gasteiger partial charge >= 0.3 is 12.1 Å². The lowest BCUT2D eigenvalue weighted by Crippen LogP contribution is -2.53. The lowest BCUT2D eigenvalue weighted by Gasteiger charge is -2.43. The van der Waals surface area contributed by atoms with Crippen LogP contribution in [-0.4, -0.2) is 51.4 Å². The van der Waals surface area contributed by atoms with Crippen LogP contribution in [-0.2, 0) is 28.5 Å². The van der Waals surface area contributed by atoms with Crippen molar-refractivity contribution in [3.63, 3.8) is 0 Å². The predicted molar refractivity (Wildman–Crippen MR) is 92.0 cm³/mol. The maximum atomic E-state index is 11.9. The van der Waals surface area contributed by atoms with Crippen molar-refractivity contribution in [1.82, 2.24) is 0 Å². The van der Waals surface area contributed by atoms with E-state index in [0.717, 1.165) is 12.0 Å². The summed E-state index contributed by atoms with van der Waals surface area (Å²) < 4.78 is 26.7. The van der Waals surface area contributed by atoms with Crippen molar-refractivity contribution in [1.29, 1.82) is 0 Å². The number of methoxy groups -OCH3 is 2. The highest BCUT2D eigenvalue weighted by Gasteiger charge is 2.63. The normalized spacial score (nSPS) is 24.3. The van der Waals surface area contributed by atoms with Gasteiger partial charge in [-0.3, -0.25) is 0 Å². The fourth-order valence-corrected chi connectivity index (χ4v) is 3.64. The van der Waals surface area contributed by atoms with Gasteiger partial charge in [0.2, 0.25) is 0 Å². The molecule has 1 aliphatic carbocycles. The highest BCUT2D eigenvalue weighted by molar-refractivity contribution is 5.88. The molecule has 144 valence electrons. The first-order valence-corrected chi connectivity index (χ1v) is 8.64. The van der Waals surface area contributed by atoms with E-state index in [9.17, 15) is 9.59 Å². The molecule has 0 aromatic rings. The van der Waals surface area contributed by atoms with E-state index >= 15 is 0 Å². The van der Waals surface area contributed by atoms with Gasteiger partial charge in [0.15, 0.2) is 11.9 Å². The van der Waals surface area contributed by atoms with E-state index in [1.807, 2.05) is 19.9 Å². The van der Waals surface area contributed by atoms with Crippen molar-refractivity contribution in [2.24, 2.45) is 5.41 Å². The molecule has 0 radical (unpaired) electrons. The van der Waals surface area contributed by atoms with Crippen LogP contribution in [0.2, 0.25) is 0 Å². The Hall–Kier alpha value is -2.04. The van der Waals surface area contributed by atoms with Crippen molar-refractivity contribution in [3.8, 4) is 11.8 Å². The summed E-state index contributed by atoms with van der Waals surface area (Å²) >= 11 is 0. The van der Waals surface area contributed by atoms with Gasteiger partial charge in [-0.2, -0.15) is 0 Å². The number of carbonyl (C=O) groups excluding carboxylic acids is 2. The Morgan fingerprint density at radius 1 is 1.15 bits per heavy atom. The SMILES string of the molecule is COC(=O)C#CC(OC(=O)OC)C1(CC=C(C)C)CCCC12OCCO2. The summed E-state index contributed by atoms with van der Waals surface area (Å²) in [6.07, 6.45) is 2.95.